The van der Waals surface area contributed by atoms with E-state index >= 15 is 0 Å². The molecule has 1 aliphatic heterocycles. The third-order valence-corrected chi connectivity index (χ3v) is 4.43. The zero-order valence-corrected chi connectivity index (χ0v) is 13.7. The molecule has 7 heteroatoms. The Balaban J connectivity index is 1.68. The minimum absolute atomic E-state index is 0.00694. The molecule has 2 aromatic rings. The number of rotatable bonds is 7. The summed E-state index contributed by atoms with van der Waals surface area (Å²) in [4.78, 5) is 6.53. The van der Waals surface area contributed by atoms with Gasteiger partial charge in [-0.3, -0.25) is 4.90 Å². The lowest BCUT2D eigenvalue weighted by Crippen LogP contribution is -2.21. The van der Waals surface area contributed by atoms with E-state index in [1.54, 1.807) is 19.2 Å². The fourth-order valence-electron chi connectivity index (χ4n) is 3.13. The van der Waals surface area contributed by atoms with E-state index in [2.05, 4.69) is 15.0 Å². The van der Waals surface area contributed by atoms with Crippen molar-refractivity contribution in [2.75, 3.05) is 33.4 Å². The molecule has 130 valence electrons. The zero-order chi connectivity index (χ0) is 16.9. The first-order valence-electron chi connectivity index (χ1n) is 8.09. The fourth-order valence-corrected chi connectivity index (χ4v) is 3.13. The minimum atomic E-state index is -0.207. The molecule has 1 N–H and O–H groups in total. The molecule has 24 heavy (non-hydrogen) atoms. The van der Waals surface area contributed by atoms with Gasteiger partial charge in [-0.25, -0.2) is 4.39 Å². The number of hydrogen-bond donors (Lipinski definition) is 1. The highest BCUT2D eigenvalue weighted by atomic mass is 19.1. The van der Waals surface area contributed by atoms with Gasteiger partial charge in [0.2, 0.25) is 5.89 Å². The van der Waals surface area contributed by atoms with Gasteiger partial charge in [-0.05, 0) is 6.07 Å². The van der Waals surface area contributed by atoms with Crippen molar-refractivity contribution in [3.63, 3.8) is 0 Å². The summed E-state index contributed by atoms with van der Waals surface area (Å²) in [6.45, 7) is 2.40. The molecule has 1 aliphatic rings. The van der Waals surface area contributed by atoms with Gasteiger partial charge >= 0.3 is 0 Å². The minimum Gasteiger partial charge on any atom is -0.396 e. The van der Waals surface area contributed by atoms with Gasteiger partial charge in [0.15, 0.2) is 5.82 Å². The Labute approximate surface area is 140 Å². The molecule has 2 atom stereocenters. The van der Waals surface area contributed by atoms with E-state index in [9.17, 15) is 9.50 Å². The lowest BCUT2D eigenvalue weighted by atomic mass is 9.97. The molecular formula is C17H22FN3O3. The highest BCUT2D eigenvalue weighted by Crippen LogP contribution is 2.32. The monoisotopic (exact) mass is 335 g/mol. The Morgan fingerprint density at radius 2 is 2.21 bits per heavy atom. The Hall–Kier alpha value is -1.83. The van der Waals surface area contributed by atoms with E-state index in [0.29, 0.717) is 49.9 Å². The summed E-state index contributed by atoms with van der Waals surface area (Å²) in [5.41, 5.74) is 0.654. The number of aliphatic hydroxyl groups excluding tert-OH is 1. The molecule has 0 radical (unpaired) electrons. The van der Waals surface area contributed by atoms with Crippen molar-refractivity contribution in [1.29, 1.82) is 0 Å². The summed E-state index contributed by atoms with van der Waals surface area (Å²) < 4.78 is 24.2. The van der Waals surface area contributed by atoms with Gasteiger partial charge in [-0.1, -0.05) is 23.4 Å². The van der Waals surface area contributed by atoms with Crippen molar-refractivity contribution in [3.8, 4) is 0 Å². The van der Waals surface area contributed by atoms with E-state index in [-0.39, 0.29) is 24.3 Å². The maximum absolute atomic E-state index is 13.8. The summed E-state index contributed by atoms with van der Waals surface area (Å²) in [6, 6.07) is 6.76. The number of hydrogen-bond acceptors (Lipinski definition) is 6. The zero-order valence-electron chi connectivity index (χ0n) is 13.7. The molecule has 0 unspecified atom stereocenters. The summed E-state index contributed by atoms with van der Waals surface area (Å²) in [6.07, 6.45) is 0.593. The molecular weight excluding hydrogens is 313 g/mol. The van der Waals surface area contributed by atoms with Crippen molar-refractivity contribution in [1.82, 2.24) is 15.0 Å². The third kappa shape index (κ3) is 3.80. The topological polar surface area (TPSA) is 71.6 Å². The first-order valence-corrected chi connectivity index (χ1v) is 8.09. The average Bonchev–Trinajstić information content (AvgIpc) is 3.21. The lowest BCUT2D eigenvalue weighted by Gasteiger charge is -2.15. The van der Waals surface area contributed by atoms with Crippen LogP contribution >= 0.6 is 0 Å². The first-order chi connectivity index (χ1) is 11.7. The van der Waals surface area contributed by atoms with Crippen LogP contribution in [0.15, 0.2) is 28.8 Å². The molecule has 0 bridgehead atoms. The van der Waals surface area contributed by atoms with Gasteiger partial charge in [0.25, 0.3) is 0 Å². The van der Waals surface area contributed by atoms with Crippen LogP contribution in [0.25, 0.3) is 0 Å². The normalized spacial score (nSPS) is 21.5. The molecule has 1 aromatic heterocycles. The summed E-state index contributed by atoms with van der Waals surface area (Å²) in [7, 11) is 1.63. The highest BCUT2D eigenvalue weighted by Gasteiger charge is 2.37. The average molecular weight is 335 g/mol. The van der Waals surface area contributed by atoms with Crippen LogP contribution in [-0.2, 0) is 17.7 Å². The van der Waals surface area contributed by atoms with E-state index < -0.39 is 0 Å². The van der Waals surface area contributed by atoms with Crippen molar-refractivity contribution in [2.24, 2.45) is 5.92 Å². The summed E-state index contributed by atoms with van der Waals surface area (Å²) in [5.74, 6) is 0.909. The largest absolute Gasteiger partial charge is 0.396 e. The number of halogens is 1. The Morgan fingerprint density at radius 1 is 1.38 bits per heavy atom. The Kier molecular flexibility index (Phi) is 5.55. The number of likely N-dealkylation sites (tertiary alicyclic amines) is 1. The maximum atomic E-state index is 13.8. The van der Waals surface area contributed by atoms with Crippen LogP contribution < -0.4 is 0 Å². The molecule has 2 heterocycles. The lowest BCUT2D eigenvalue weighted by molar-refractivity contribution is 0.199. The van der Waals surface area contributed by atoms with E-state index in [4.69, 9.17) is 9.26 Å². The van der Waals surface area contributed by atoms with E-state index in [1.807, 2.05) is 6.07 Å². The second-order valence-electron chi connectivity index (χ2n) is 6.13. The molecule has 0 aliphatic carbocycles. The van der Waals surface area contributed by atoms with Crippen LogP contribution in [0, 0.1) is 11.7 Å². The molecule has 3 rings (SSSR count). The second kappa shape index (κ2) is 7.83. The van der Waals surface area contributed by atoms with Gasteiger partial charge in [-0.15, -0.1) is 0 Å². The highest BCUT2D eigenvalue weighted by molar-refractivity contribution is 5.17. The molecule has 1 saturated heterocycles. The van der Waals surface area contributed by atoms with Gasteiger partial charge < -0.3 is 14.4 Å². The molecule has 1 aromatic carbocycles. The molecule has 0 saturated carbocycles. The van der Waals surface area contributed by atoms with Gasteiger partial charge in [-0.2, -0.15) is 4.98 Å². The summed E-state index contributed by atoms with van der Waals surface area (Å²) in [5, 5.41) is 13.6. The molecule has 0 spiro atoms. The van der Waals surface area contributed by atoms with Crippen molar-refractivity contribution < 1.29 is 18.8 Å². The van der Waals surface area contributed by atoms with Crippen LogP contribution in [0.1, 0.15) is 23.2 Å². The number of aromatic nitrogens is 2. The van der Waals surface area contributed by atoms with Crippen LogP contribution in [-0.4, -0.2) is 53.6 Å². The predicted molar refractivity (Wildman–Crippen MR) is 84.9 cm³/mol. The number of methoxy groups -OCH3 is 1. The Bertz CT molecular complexity index is 664. The standard InChI is InChI=1S/C17H22FN3O3/c1-23-7-6-16-19-17(24-20-16)14-10-21(9-13(14)11-22)8-12-4-2-3-5-15(12)18/h2-5,13-14,22H,6-11H2,1H3/t13-,14+/m0/s1. The smallest absolute Gasteiger partial charge is 0.231 e. The molecule has 1 fully saturated rings. The number of aliphatic hydroxyl groups is 1. The van der Waals surface area contributed by atoms with Crippen molar-refractivity contribution >= 4 is 0 Å². The Morgan fingerprint density at radius 3 is 2.96 bits per heavy atom. The van der Waals surface area contributed by atoms with Crippen LogP contribution in [0.5, 0.6) is 0 Å². The quantitative estimate of drug-likeness (QED) is 0.829. The second-order valence-corrected chi connectivity index (χ2v) is 6.13. The van der Waals surface area contributed by atoms with Crippen LogP contribution in [0.4, 0.5) is 4.39 Å². The number of nitrogens with zero attached hydrogens (tertiary/aromatic N) is 3. The third-order valence-electron chi connectivity index (χ3n) is 4.43. The van der Waals surface area contributed by atoms with Crippen LogP contribution in [0.3, 0.4) is 0 Å². The predicted octanol–water partition coefficient (Wildman–Crippen LogP) is 1.61. The SMILES string of the molecule is COCCc1noc([C@@H]2CN(Cc3ccccc3F)C[C@H]2CO)n1. The van der Waals surface area contributed by atoms with Gasteiger partial charge in [0, 0.05) is 51.3 Å². The van der Waals surface area contributed by atoms with Gasteiger partial charge in [0.05, 0.1) is 12.5 Å². The van der Waals surface area contributed by atoms with E-state index in [0.717, 1.165) is 0 Å². The molecule has 0 amide bonds. The molecule has 6 nitrogen and oxygen atoms in total. The first kappa shape index (κ1) is 17.0. The fraction of sp³-hybridized carbons (Fsp3) is 0.529. The van der Waals surface area contributed by atoms with Crippen molar-refractivity contribution in [3.05, 3.63) is 47.4 Å². The number of ether oxygens (including phenoxy) is 1. The van der Waals surface area contributed by atoms with Gasteiger partial charge in [0.1, 0.15) is 5.82 Å². The maximum Gasteiger partial charge on any atom is 0.231 e. The van der Waals surface area contributed by atoms with Crippen molar-refractivity contribution in [2.45, 2.75) is 18.9 Å². The summed E-state index contributed by atoms with van der Waals surface area (Å²) >= 11 is 0. The van der Waals surface area contributed by atoms with Crippen LogP contribution in [0.2, 0.25) is 0 Å². The van der Waals surface area contributed by atoms with E-state index in [1.165, 1.54) is 6.07 Å². The number of benzene rings is 1.